The van der Waals surface area contributed by atoms with Gasteiger partial charge in [-0.05, 0) is 48.7 Å². The number of amides is 1. The van der Waals surface area contributed by atoms with E-state index in [1.807, 2.05) is 31.2 Å². The van der Waals surface area contributed by atoms with Gasteiger partial charge in [0.25, 0.3) is 0 Å². The lowest BCUT2D eigenvalue weighted by molar-refractivity contribution is -0.137. The lowest BCUT2D eigenvalue weighted by Crippen LogP contribution is -2.38. The number of anilines is 1. The molecular formula is C21H25F3N4O. The van der Waals surface area contributed by atoms with E-state index in [2.05, 4.69) is 20.9 Å². The summed E-state index contributed by atoms with van der Waals surface area (Å²) in [5, 5.41) is 9.05. The van der Waals surface area contributed by atoms with Crippen LogP contribution in [0.3, 0.4) is 0 Å². The van der Waals surface area contributed by atoms with Crippen molar-refractivity contribution in [3.8, 4) is 0 Å². The van der Waals surface area contributed by atoms with Gasteiger partial charge >= 0.3 is 6.18 Å². The molecule has 0 aromatic heterocycles. The molecule has 0 unspecified atom stereocenters. The molecule has 8 heteroatoms. The van der Waals surface area contributed by atoms with Crippen molar-refractivity contribution >= 4 is 17.6 Å². The number of benzene rings is 2. The third-order valence-corrected chi connectivity index (χ3v) is 4.00. The average molecular weight is 406 g/mol. The summed E-state index contributed by atoms with van der Waals surface area (Å²) >= 11 is 0. The number of hydrogen-bond donors (Lipinski definition) is 3. The van der Waals surface area contributed by atoms with E-state index < -0.39 is 11.7 Å². The van der Waals surface area contributed by atoms with Gasteiger partial charge in [0.05, 0.1) is 12.1 Å². The van der Waals surface area contributed by atoms with Crippen LogP contribution in [-0.2, 0) is 23.9 Å². The van der Waals surface area contributed by atoms with Gasteiger partial charge in [0.15, 0.2) is 5.96 Å². The van der Waals surface area contributed by atoms with Crippen LogP contribution in [0.2, 0.25) is 0 Å². The summed E-state index contributed by atoms with van der Waals surface area (Å²) in [7, 11) is 0. The van der Waals surface area contributed by atoms with Gasteiger partial charge in [-0.1, -0.05) is 24.3 Å². The number of nitrogens with one attached hydrogen (secondary N) is 3. The fourth-order valence-electron chi connectivity index (χ4n) is 2.65. The molecule has 0 atom stereocenters. The maximum atomic E-state index is 12.6. The van der Waals surface area contributed by atoms with E-state index in [0.717, 1.165) is 23.3 Å². The van der Waals surface area contributed by atoms with Crippen molar-refractivity contribution in [1.82, 2.24) is 10.6 Å². The highest BCUT2D eigenvalue weighted by Crippen LogP contribution is 2.29. The summed E-state index contributed by atoms with van der Waals surface area (Å²) in [5.74, 6) is 0.480. The maximum Gasteiger partial charge on any atom is 0.416 e. The van der Waals surface area contributed by atoms with E-state index in [0.29, 0.717) is 37.7 Å². The average Bonchev–Trinajstić information content (AvgIpc) is 2.65. The summed E-state index contributed by atoms with van der Waals surface area (Å²) in [4.78, 5) is 15.7. The lowest BCUT2D eigenvalue weighted by Gasteiger charge is -2.12. The molecular weight excluding hydrogens is 381 g/mol. The first kappa shape index (κ1) is 22.3. The first-order valence-corrected chi connectivity index (χ1v) is 9.32. The third-order valence-electron chi connectivity index (χ3n) is 4.00. The van der Waals surface area contributed by atoms with E-state index in [9.17, 15) is 18.0 Å². The fourth-order valence-corrected chi connectivity index (χ4v) is 2.65. The van der Waals surface area contributed by atoms with Crippen molar-refractivity contribution in [1.29, 1.82) is 0 Å². The molecule has 0 aliphatic rings. The Kier molecular flexibility index (Phi) is 8.06. The predicted molar refractivity (Wildman–Crippen MR) is 109 cm³/mol. The van der Waals surface area contributed by atoms with Crippen molar-refractivity contribution in [3.05, 3.63) is 65.2 Å². The number of rotatable bonds is 7. The molecule has 29 heavy (non-hydrogen) atoms. The third kappa shape index (κ3) is 7.85. The molecule has 2 rings (SSSR count). The van der Waals surface area contributed by atoms with Gasteiger partial charge in [-0.15, -0.1) is 0 Å². The Bertz CT molecular complexity index is 833. The second-order valence-corrected chi connectivity index (χ2v) is 6.45. The van der Waals surface area contributed by atoms with Crippen molar-refractivity contribution < 1.29 is 18.0 Å². The molecule has 2 aromatic rings. The van der Waals surface area contributed by atoms with Crippen molar-refractivity contribution in [2.24, 2.45) is 4.99 Å². The molecule has 0 aliphatic heterocycles. The molecule has 156 valence electrons. The SMILES string of the molecule is CCNC(=NCc1cccc(NC(C)=O)c1)NCCc1ccc(C(F)(F)F)cc1. The van der Waals surface area contributed by atoms with Crippen LogP contribution in [0.25, 0.3) is 0 Å². The summed E-state index contributed by atoms with van der Waals surface area (Å²) in [5.41, 5.74) is 1.82. The van der Waals surface area contributed by atoms with Gasteiger partial charge in [-0.2, -0.15) is 13.2 Å². The number of nitrogens with zero attached hydrogens (tertiary/aromatic N) is 1. The highest BCUT2D eigenvalue weighted by molar-refractivity contribution is 5.88. The Morgan fingerprint density at radius 3 is 2.38 bits per heavy atom. The Balaban J connectivity index is 1.91. The quantitative estimate of drug-likeness (QED) is 0.482. The molecule has 0 saturated heterocycles. The minimum Gasteiger partial charge on any atom is -0.357 e. The van der Waals surface area contributed by atoms with Crippen LogP contribution in [0.5, 0.6) is 0 Å². The zero-order valence-electron chi connectivity index (χ0n) is 16.4. The molecule has 0 fully saturated rings. The van der Waals surface area contributed by atoms with Gasteiger partial charge in [0.2, 0.25) is 5.91 Å². The number of hydrogen-bond acceptors (Lipinski definition) is 2. The Morgan fingerprint density at radius 2 is 1.76 bits per heavy atom. The predicted octanol–water partition coefficient (Wildman–Crippen LogP) is 3.96. The number of aliphatic imine (C=N–C) groups is 1. The van der Waals surface area contributed by atoms with Gasteiger partial charge in [-0.3, -0.25) is 4.79 Å². The van der Waals surface area contributed by atoms with Gasteiger partial charge in [0.1, 0.15) is 0 Å². The van der Waals surface area contributed by atoms with Crippen LogP contribution in [-0.4, -0.2) is 25.0 Å². The smallest absolute Gasteiger partial charge is 0.357 e. The zero-order chi connectivity index (χ0) is 21.3. The van der Waals surface area contributed by atoms with Crippen LogP contribution in [0.15, 0.2) is 53.5 Å². The minimum atomic E-state index is -4.32. The largest absolute Gasteiger partial charge is 0.416 e. The van der Waals surface area contributed by atoms with Gasteiger partial charge < -0.3 is 16.0 Å². The van der Waals surface area contributed by atoms with Crippen LogP contribution in [0.4, 0.5) is 18.9 Å². The second-order valence-electron chi connectivity index (χ2n) is 6.45. The van der Waals surface area contributed by atoms with E-state index in [4.69, 9.17) is 0 Å². The molecule has 0 heterocycles. The van der Waals surface area contributed by atoms with Crippen LogP contribution in [0.1, 0.15) is 30.5 Å². The monoisotopic (exact) mass is 406 g/mol. The van der Waals surface area contributed by atoms with Crippen molar-refractivity contribution in [3.63, 3.8) is 0 Å². The Labute approximate surface area is 168 Å². The summed E-state index contributed by atoms with van der Waals surface area (Å²) < 4.78 is 37.9. The normalized spacial score (nSPS) is 11.8. The molecule has 0 bridgehead atoms. The van der Waals surface area contributed by atoms with Crippen molar-refractivity contribution in [2.75, 3.05) is 18.4 Å². The standard InChI is InChI=1S/C21H25F3N4O/c1-3-25-20(27-14-17-5-4-6-19(13-17)28-15(2)29)26-12-11-16-7-9-18(10-8-16)21(22,23)24/h4-10,13H,3,11-12,14H2,1-2H3,(H,28,29)(H2,25,26,27). The summed E-state index contributed by atoms with van der Waals surface area (Å²) in [6, 6.07) is 12.6. The van der Waals surface area contributed by atoms with Crippen LogP contribution < -0.4 is 16.0 Å². The maximum absolute atomic E-state index is 12.6. The van der Waals surface area contributed by atoms with Crippen molar-refractivity contribution in [2.45, 2.75) is 33.0 Å². The fraction of sp³-hybridized carbons (Fsp3) is 0.333. The topological polar surface area (TPSA) is 65.5 Å². The first-order valence-electron chi connectivity index (χ1n) is 9.32. The number of carbonyl (C=O) groups excluding carboxylic acids is 1. The molecule has 1 amide bonds. The summed E-state index contributed by atoms with van der Waals surface area (Å²) in [6.07, 6.45) is -3.75. The first-order chi connectivity index (χ1) is 13.8. The Hall–Kier alpha value is -3.03. The molecule has 3 N–H and O–H groups in total. The Morgan fingerprint density at radius 1 is 1.03 bits per heavy atom. The molecule has 0 saturated carbocycles. The molecule has 0 radical (unpaired) electrons. The van der Waals surface area contributed by atoms with E-state index in [1.54, 1.807) is 0 Å². The number of halogens is 3. The van der Waals surface area contributed by atoms with E-state index in [1.165, 1.54) is 19.1 Å². The van der Waals surface area contributed by atoms with E-state index >= 15 is 0 Å². The minimum absolute atomic E-state index is 0.135. The second kappa shape index (κ2) is 10.5. The van der Waals surface area contributed by atoms with Crippen LogP contribution in [0, 0.1) is 0 Å². The van der Waals surface area contributed by atoms with Gasteiger partial charge in [0, 0.05) is 25.7 Å². The molecule has 0 spiro atoms. The highest BCUT2D eigenvalue weighted by Gasteiger charge is 2.29. The van der Waals surface area contributed by atoms with Gasteiger partial charge in [-0.25, -0.2) is 4.99 Å². The number of carbonyl (C=O) groups is 1. The number of alkyl halides is 3. The molecule has 5 nitrogen and oxygen atoms in total. The van der Waals surface area contributed by atoms with Crippen LogP contribution >= 0.6 is 0 Å². The molecule has 0 aliphatic carbocycles. The van der Waals surface area contributed by atoms with E-state index in [-0.39, 0.29) is 5.91 Å². The molecule has 2 aromatic carbocycles. The summed E-state index contributed by atoms with van der Waals surface area (Å²) in [6.45, 7) is 5.03. The zero-order valence-corrected chi connectivity index (χ0v) is 16.4. The number of guanidine groups is 1. The lowest BCUT2D eigenvalue weighted by atomic mass is 10.1. The highest BCUT2D eigenvalue weighted by atomic mass is 19.4.